The van der Waals surface area contributed by atoms with E-state index in [0.29, 0.717) is 41.1 Å². The molecule has 1 aromatic heterocycles. The number of nitrogens with zero attached hydrogens (tertiary/aromatic N) is 3. The van der Waals surface area contributed by atoms with Gasteiger partial charge in [0.05, 0.1) is 11.3 Å². The summed E-state index contributed by atoms with van der Waals surface area (Å²) in [4.78, 5) is 2.46. The van der Waals surface area contributed by atoms with Gasteiger partial charge >= 0.3 is 0 Å². The average Bonchev–Trinajstić information content (AvgIpc) is 3.23. The van der Waals surface area contributed by atoms with Crippen LogP contribution in [-0.4, -0.2) is 41.0 Å². The highest BCUT2D eigenvalue weighted by Crippen LogP contribution is 2.48. The van der Waals surface area contributed by atoms with E-state index in [0.717, 1.165) is 44.7 Å². The molecule has 5 atom stereocenters. The maximum Gasteiger partial charge on any atom is 0.151 e. The van der Waals surface area contributed by atoms with E-state index >= 15 is 0 Å². The van der Waals surface area contributed by atoms with Crippen LogP contribution < -0.4 is 10.6 Å². The van der Waals surface area contributed by atoms with Crippen LogP contribution in [0.15, 0.2) is 36.4 Å². The zero-order valence-electron chi connectivity index (χ0n) is 17.8. The van der Waals surface area contributed by atoms with E-state index < -0.39 is 0 Å². The Labute approximate surface area is 177 Å². The molecule has 3 aliphatic rings. The van der Waals surface area contributed by atoms with Crippen molar-refractivity contribution in [2.24, 2.45) is 23.5 Å². The molecule has 5 nitrogen and oxygen atoms in total. The lowest BCUT2D eigenvalue weighted by atomic mass is 9.77. The van der Waals surface area contributed by atoms with Crippen molar-refractivity contribution in [2.75, 3.05) is 18.1 Å². The van der Waals surface area contributed by atoms with E-state index in [-0.39, 0.29) is 11.4 Å². The first-order chi connectivity index (χ1) is 14.4. The fourth-order valence-electron chi connectivity index (χ4n) is 6.15. The molecular formula is C24H31FN4O. The van der Waals surface area contributed by atoms with Crippen molar-refractivity contribution in [2.45, 2.75) is 57.2 Å². The molecule has 2 N–H and O–H groups in total. The predicted octanol–water partition coefficient (Wildman–Crippen LogP) is 4.03. The lowest BCUT2D eigenvalue weighted by Gasteiger charge is -2.42. The number of fused-ring (bicyclic) bond motifs is 1. The first-order valence-corrected chi connectivity index (χ1v) is 11.2. The molecule has 1 saturated carbocycles. The van der Waals surface area contributed by atoms with E-state index in [1.165, 1.54) is 6.07 Å². The van der Waals surface area contributed by atoms with Crippen molar-refractivity contribution < 1.29 is 9.13 Å². The number of anilines is 1. The van der Waals surface area contributed by atoms with Crippen molar-refractivity contribution in [1.82, 2.24) is 10.2 Å². The lowest BCUT2D eigenvalue weighted by molar-refractivity contribution is -0.0784. The number of rotatable bonds is 3. The Kier molecular flexibility index (Phi) is 5.02. The molecule has 0 radical (unpaired) electrons. The molecule has 5 rings (SSSR count). The average molecular weight is 411 g/mol. The molecule has 30 heavy (non-hydrogen) atoms. The second-order valence-corrected chi connectivity index (χ2v) is 9.92. The molecule has 0 amide bonds. The van der Waals surface area contributed by atoms with E-state index in [1.54, 1.807) is 12.1 Å². The van der Waals surface area contributed by atoms with Gasteiger partial charge in [-0.3, -0.25) is 0 Å². The van der Waals surface area contributed by atoms with Crippen LogP contribution in [0.2, 0.25) is 0 Å². The topological polar surface area (TPSA) is 64.3 Å². The second kappa shape index (κ2) is 7.57. The Morgan fingerprint density at radius 2 is 1.93 bits per heavy atom. The maximum atomic E-state index is 14.1. The van der Waals surface area contributed by atoms with Crippen LogP contribution in [-0.2, 0) is 4.74 Å². The minimum absolute atomic E-state index is 0.0895. The van der Waals surface area contributed by atoms with Gasteiger partial charge in [0.1, 0.15) is 5.82 Å². The summed E-state index contributed by atoms with van der Waals surface area (Å²) in [6.07, 6.45) is 4.30. The lowest BCUT2D eigenvalue weighted by Crippen LogP contribution is -2.46. The summed E-state index contributed by atoms with van der Waals surface area (Å²) in [5.41, 5.74) is 7.32. The summed E-state index contributed by atoms with van der Waals surface area (Å²) in [6, 6.07) is 11.3. The number of ether oxygens (including phenoxy) is 1. The van der Waals surface area contributed by atoms with Crippen LogP contribution in [0, 0.1) is 23.6 Å². The Morgan fingerprint density at radius 3 is 2.67 bits per heavy atom. The summed E-state index contributed by atoms with van der Waals surface area (Å²) in [5.74, 6) is 2.40. The van der Waals surface area contributed by atoms with Gasteiger partial charge in [0.15, 0.2) is 5.82 Å². The molecule has 0 bridgehead atoms. The first-order valence-electron chi connectivity index (χ1n) is 11.2. The SMILES string of the molecule is CC1(C)C[C@@H](C2C3CC(N)CC3CN2c2ccc(-c3ccccc3F)nn2)CCO1. The highest BCUT2D eigenvalue weighted by Gasteiger charge is 2.51. The fraction of sp³-hybridized carbons (Fsp3) is 0.583. The largest absolute Gasteiger partial charge is 0.376 e. The van der Waals surface area contributed by atoms with Gasteiger partial charge in [-0.05, 0) is 81.5 Å². The highest BCUT2D eigenvalue weighted by atomic mass is 19.1. The van der Waals surface area contributed by atoms with Gasteiger partial charge < -0.3 is 15.4 Å². The summed E-state index contributed by atoms with van der Waals surface area (Å²) >= 11 is 0. The van der Waals surface area contributed by atoms with Crippen molar-refractivity contribution >= 4 is 5.82 Å². The van der Waals surface area contributed by atoms with Crippen LogP contribution in [0.1, 0.15) is 39.5 Å². The van der Waals surface area contributed by atoms with Gasteiger partial charge in [-0.25, -0.2) is 4.39 Å². The smallest absolute Gasteiger partial charge is 0.151 e. The van der Waals surface area contributed by atoms with Gasteiger partial charge in [0.25, 0.3) is 0 Å². The number of nitrogens with two attached hydrogens (primary N) is 1. The van der Waals surface area contributed by atoms with Crippen LogP contribution in [0.5, 0.6) is 0 Å². The molecular weight excluding hydrogens is 379 g/mol. The van der Waals surface area contributed by atoms with E-state index in [9.17, 15) is 4.39 Å². The molecule has 2 saturated heterocycles. The standard InChI is InChI=1S/C24H31FN4O/c1-24(2)13-15(9-10-30-24)23-19-12-17(26)11-16(19)14-29(23)22-8-7-21(27-28-22)18-5-3-4-6-20(18)25/h3-8,15-17,19,23H,9-14,26H2,1-2H3/t15-,16?,17?,19?,23?/m0/s1. The quantitative estimate of drug-likeness (QED) is 0.828. The molecule has 6 heteroatoms. The molecule has 2 aliphatic heterocycles. The zero-order valence-corrected chi connectivity index (χ0v) is 17.8. The molecule has 4 unspecified atom stereocenters. The molecule has 3 heterocycles. The van der Waals surface area contributed by atoms with Crippen LogP contribution >= 0.6 is 0 Å². The Morgan fingerprint density at radius 1 is 1.10 bits per heavy atom. The minimum Gasteiger partial charge on any atom is -0.376 e. The summed E-state index contributed by atoms with van der Waals surface area (Å²) in [7, 11) is 0. The van der Waals surface area contributed by atoms with Crippen molar-refractivity contribution in [1.29, 1.82) is 0 Å². The fourth-order valence-corrected chi connectivity index (χ4v) is 6.15. The maximum absolute atomic E-state index is 14.1. The third-order valence-corrected chi connectivity index (χ3v) is 7.33. The normalized spacial score (nSPS) is 32.9. The van der Waals surface area contributed by atoms with Gasteiger partial charge in [-0.15, -0.1) is 10.2 Å². The van der Waals surface area contributed by atoms with Crippen LogP contribution in [0.25, 0.3) is 11.3 Å². The van der Waals surface area contributed by atoms with Crippen LogP contribution in [0.3, 0.4) is 0 Å². The van der Waals surface area contributed by atoms with Crippen molar-refractivity contribution in [3.05, 3.63) is 42.2 Å². The first kappa shape index (κ1) is 19.9. The Bertz CT molecular complexity index is 902. The summed E-state index contributed by atoms with van der Waals surface area (Å²) in [5, 5.41) is 8.94. The number of benzene rings is 1. The van der Waals surface area contributed by atoms with E-state index in [2.05, 4.69) is 28.9 Å². The second-order valence-electron chi connectivity index (χ2n) is 9.92. The highest BCUT2D eigenvalue weighted by molar-refractivity contribution is 5.60. The van der Waals surface area contributed by atoms with Crippen LogP contribution in [0.4, 0.5) is 10.2 Å². The van der Waals surface area contributed by atoms with Gasteiger partial charge in [0, 0.05) is 30.8 Å². The monoisotopic (exact) mass is 410 g/mol. The van der Waals surface area contributed by atoms with Crippen molar-refractivity contribution in [3.8, 4) is 11.3 Å². The molecule has 160 valence electrons. The molecule has 1 aliphatic carbocycles. The zero-order chi connectivity index (χ0) is 20.9. The minimum atomic E-state index is -0.272. The van der Waals surface area contributed by atoms with E-state index in [1.807, 2.05) is 18.2 Å². The number of hydrogen-bond donors (Lipinski definition) is 1. The van der Waals surface area contributed by atoms with Gasteiger partial charge in [-0.1, -0.05) is 12.1 Å². The molecule has 1 aromatic carbocycles. The summed E-state index contributed by atoms with van der Waals surface area (Å²) < 4.78 is 20.1. The third kappa shape index (κ3) is 3.60. The molecule has 2 aromatic rings. The molecule has 3 fully saturated rings. The van der Waals surface area contributed by atoms with Crippen molar-refractivity contribution in [3.63, 3.8) is 0 Å². The van der Waals surface area contributed by atoms with Gasteiger partial charge in [-0.2, -0.15) is 0 Å². The van der Waals surface area contributed by atoms with Gasteiger partial charge in [0.2, 0.25) is 0 Å². The third-order valence-electron chi connectivity index (χ3n) is 7.33. The Balaban J connectivity index is 1.44. The molecule has 0 spiro atoms. The van der Waals surface area contributed by atoms with E-state index in [4.69, 9.17) is 10.5 Å². The number of aromatic nitrogens is 2. The predicted molar refractivity (Wildman–Crippen MR) is 116 cm³/mol. The number of halogens is 1. The number of hydrogen-bond acceptors (Lipinski definition) is 5. The summed E-state index contributed by atoms with van der Waals surface area (Å²) in [6.45, 7) is 6.18. The Hall–Kier alpha value is -2.05.